The second-order valence-corrected chi connectivity index (χ2v) is 5.01. The number of para-hydroxylation sites is 1. The van der Waals surface area contributed by atoms with E-state index in [1.807, 2.05) is 24.3 Å². The summed E-state index contributed by atoms with van der Waals surface area (Å²) in [6.07, 6.45) is 6.34. The number of nitriles is 1. The van der Waals surface area contributed by atoms with Gasteiger partial charge < -0.3 is 10.3 Å². The maximum Gasteiger partial charge on any atom is 0.122 e. The molecule has 3 rings (SSSR count). The third-order valence-corrected chi connectivity index (χ3v) is 3.77. The molecule has 0 bridgehead atoms. The molecule has 18 heavy (non-hydrogen) atoms. The zero-order valence-corrected chi connectivity index (χ0v) is 10.4. The number of fused-ring (bicyclic) bond motifs is 1. The molecular weight excluding hydrogens is 222 g/mol. The molecule has 0 spiro atoms. The van der Waals surface area contributed by atoms with Gasteiger partial charge in [-0.25, -0.2) is 0 Å². The maximum atomic E-state index is 9.32. The SMILES string of the molecule is N#Cc1c(NC2CCCCC2)[nH]c2ccccc12. The molecule has 1 heterocycles. The van der Waals surface area contributed by atoms with Crippen LogP contribution in [0.2, 0.25) is 0 Å². The predicted molar refractivity (Wildman–Crippen MR) is 73.5 cm³/mol. The van der Waals surface area contributed by atoms with Crippen molar-refractivity contribution in [2.24, 2.45) is 0 Å². The zero-order valence-electron chi connectivity index (χ0n) is 10.4. The molecule has 2 aromatic rings. The number of benzene rings is 1. The molecule has 1 saturated carbocycles. The molecule has 3 heteroatoms. The molecule has 0 atom stereocenters. The lowest BCUT2D eigenvalue weighted by molar-refractivity contribution is 0.462. The first-order chi connectivity index (χ1) is 8.88. The van der Waals surface area contributed by atoms with Gasteiger partial charge >= 0.3 is 0 Å². The Hall–Kier alpha value is -1.95. The summed E-state index contributed by atoms with van der Waals surface area (Å²) in [5.74, 6) is 0.894. The normalized spacial score (nSPS) is 16.6. The molecule has 0 aliphatic heterocycles. The first-order valence-electron chi connectivity index (χ1n) is 6.66. The summed E-state index contributed by atoms with van der Waals surface area (Å²) in [5.41, 5.74) is 1.78. The molecule has 1 fully saturated rings. The van der Waals surface area contributed by atoms with Crippen molar-refractivity contribution in [3.05, 3.63) is 29.8 Å². The molecular formula is C15H17N3. The van der Waals surface area contributed by atoms with Crippen LogP contribution in [0.4, 0.5) is 5.82 Å². The first kappa shape index (κ1) is 11.2. The summed E-state index contributed by atoms with van der Waals surface area (Å²) < 4.78 is 0. The molecule has 0 unspecified atom stereocenters. The van der Waals surface area contributed by atoms with Crippen LogP contribution < -0.4 is 5.32 Å². The van der Waals surface area contributed by atoms with Gasteiger partial charge in [-0.05, 0) is 18.9 Å². The zero-order chi connectivity index (χ0) is 12.4. The van der Waals surface area contributed by atoms with Gasteiger partial charge in [-0.2, -0.15) is 5.26 Å². The number of aromatic nitrogens is 1. The monoisotopic (exact) mass is 239 g/mol. The Morgan fingerprint density at radius 2 is 1.94 bits per heavy atom. The Kier molecular flexibility index (Phi) is 2.93. The molecule has 1 aliphatic carbocycles. The average molecular weight is 239 g/mol. The third-order valence-electron chi connectivity index (χ3n) is 3.77. The summed E-state index contributed by atoms with van der Waals surface area (Å²) in [5, 5.41) is 13.8. The number of hydrogen-bond acceptors (Lipinski definition) is 2. The smallest absolute Gasteiger partial charge is 0.122 e. The van der Waals surface area contributed by atoms with E-state index < -0.39 is 0 Å². The van der Waals surface area contributed by atoms with Gasteiger partial charge in [0.25, 0.3) is 0 Å². The second kappa shape index (κ2) is 4.73. The Morgan fingerprint density at radius 3 is 2.72 bits per heavy atom. The highest BCUT2D eigenvalue weighted by atomic mass is 15.0. The Balaban J connectivity index is 1.93. The molecule has 0 amide bonds. The van der Waals surface area contributed by atoms with Crippen LogP contribution in [0.25, 0.3) is 10.9 Å². The van der Waals surface area contributed by atoms with E-state index in [1.165, 1.54) is 32.1 Å². The van der Waals surface area contributed by atoms with Gasteiger partial charge in [0.1, 0.15) is 17.5 Å². The van der Waals surface area contributed by atoms with Crippen molar-refractivity contribution in [1.82, 2.24) is 4.98 Å². The summed E-state index contributed by atoms with van der Waals surface area (Å²) >= 11 is 0. The lowest BCUT2D eigenvalue weighted by Gasteiger charge is -2.23. The Morgan fingerprint density at radius 1 is 1.17 bits per heavy atom. The number of hydrogen-bond donors (Lipinski definition) is 2. The van der Waals surface area contributed by atoms with E-state index in [1.54, 1.807) is 0 Å². The van der Waals surface area contributed by atoms with Gasteiger partial charge in [-0.15, -0.1) is 0 Å². The highest BCUT2D eigenvalue weighted by molar-refractivity contribution is 5.91. The first-order valence-corrected chi connectivity index (χ1v) is 6.66. The molecule has 2 N–H and O–H groups in total. The van der Waals surface area contributed by atoms with E-state index in [-0.39, 0.29) is 0 Å². The highest BCUT2D eigenvalue weighted by Crippen LogP contribution is 2.28. The summed E-state index contributed by atoms with van der Waals surface area (Å²) in [7, 11) is 0. The van der Waals surface area contributed by atoms with E-state index in [2.05, 4.69) is 16.4 Å². The van der Waals surface area contributed by atoms with Crippen molar-refractivity contribution < 1.29 is 0 Å². The van der Waals surface area contributed by atoms with Crippen LogP contribution in [-0.2, 0) is 0 Å². The van der Waals surface area contributed by atoms with E-state index >= 15 is 0 Å². The van der Waals surface area contributed by atoms with Gasteiger partial charge in [0.2, 0.25) is 0 Å². The van der Waals surface area contributed by atoms with Crippen molar-refractivity contribution >= 4 is 16.7 Å². The molecule has 1 aliphatic rings. The fourth-order valence-corrected chi connectivity index (χ4v) is 2.82. The van der Waals surface area contributed by atoms with Crippen LogP contribution in [0.5, 0.6) is 0 Å². The van der Waals surface area contributed by atoms with Crippen molar-refractivity contribution in [1.29, 1.82) is 5.26 Å². The Bertz CT molecular complexity index is 585. The van der Waals surface area contributed by atoms with Crippen LogP contribution >= 0.6 is 0 Å². The minimum absolute atomic E-state index is 0.513. The van der Waals surface area contributed by atoms with E-state index in [0.717, 1.165) is 22.3 Å². The van der Waals surface area contributed by atoms with Crippen LogP contribution in [-0.4, -0.2) is 11.0 Å². The van der Waals surface area contributed by atoms with Crippen LogP contribution in [0, 0.1) is 11.3 Å². The molecule has 0 saturated heterocycles. The molecule has 1 aromatic carbocycles. The topological polar surface area (TPSA) is 51.6 Å². The fourth-order valence-electron chi connectivity index (χ4n) is 2.82. The highest BCUT2D eigenvalue weighted by Gasteiger charge is 2.17. The fraction of sp³-hybridized carbons (Fsp3) is 0.400. The molecule has 92 valence electrons. The lowest BCUT2D eigenvalue weighted by Crippen LogP contribution is -2.22. The standard InChI is InChI=1S/C15H17N3/c16-10-13-12-8-4-5-9-14(12)18-15(13)17-11-6-2-1-3-7-11/h4-5,8-9,11,17-18H,1-3,6-7H2. The summed E-state index contributed by atoms with van der Waals surface area (Å²) in [6.45, 7) is 0. The van der Waals surface area contributed by atoms with Crippen molar-refractivity contribution in [2.45, 2.75) is 38.1 Å². The van der Waals surface area contributed by atoms with E-state index in [9.17, 15) is 5.26 Å². The minimum Gasteiger partial charge on any atom is -0.368 e. The maximum absolute atomic E-state index is 9.32. The largest absolute Gasteiger partial charge is 0.368 e. The second-order valence-electron chi connectivity index (χ2n) is 5.01. The van der Waals surface area contributed by atoms with E-state index in [4.69, 9.17) is 0 Å². The number of rotatable bonds is 2. The average Bonchev–Trinajstić information content (AvgIpc) is 2.77. The van der Waals surface area contributed by atoms with Gasteiger partial charge in [0.05, 0.1) is 0 Å². The number of H-pyrrole nitrogens is 1. The number of nitrogens with zero attached hydrogens (tertiary/aromatic N) is 1. The van der Waals surface area contributed by atoms with Gasteiger partial charge in [0, 0.05) is 16.9 Å². The van der Waals surface area contributed by atoms with Crippen LogP contribution in [0.1, 0.15) is 37.7 Å². The van der Waals surface area contributed by atoms with Crippen LogP contribution in [0.15, 0.2) is 24.3 Å². The molecule has 0 radical (unpaired) electrons. The predicted octanol–water partition coefficient (Wildman–Crippen LogP) is 3.78. The number of aromatic amines is 1. The van der Waals surface area contributed by atoms with Crippen molar-refractivity contribution in [3.8, 4) is 6.07 Å². The quantitative estimate of drug-likeness (QED) is 0.837. The number of anilines is 1. The van der Waals surface area contributed by atoms with Crippen LogP contribution in [0.3, 0.4) is 0 Å². The Labute approximate surface area is 107 Å². The van der Waals surface area contributed by atoms with Crippen molar-refractivity contribution in [3.63, 3.8) is 0 Å². The van der Waals surface area contributed by atoms with E-state index in [0.29, 0.717) is 6.04 Å². The summed E-state index contributed by atoms with van der Waals surface area (Å²) in [6, 6.07) is 10.8. The van der Waals surface area contributed by atoms with Gasteiger partial charge in [-0.1, -0.05) is 37.5 Å². The number of nitrogens with one attached hydrogen (secondary N) is 2. The lowest BCUT2D eigenvalue weighted by atomic mass is 9.95. The minimum atomic E-state index is 0.513. The van der Waals surface area contributed by atoms with Gasteiger partial charge in [0.15, 0.2) is 0 Å². The van der Waals surface area contributed by atoms with Gasteiger partial charge in [-0.3, -0.25) is 0 Å². The molecule has 1 aromatic heterocycles. The molecule has 3 nitrogen and oxygen atoms in total. The summed E-state index contributed by atoms with van der Waals surface area (Å²) in [4.78, 5) is 3.33. The van der Waals surface area contributed by atoms with Crippen molar-refractivity contribution in [2.75, 3.05) is 5.32 Å². The third kappa shape index (κ3) is 1.95.